The summed E-state index contributed by atoms with van der Waals surface area (Å²) < 4.78 is 5.25. The lowest BCUT2D eigenvalue weighted by atomic mass is 10.5. The second-order valence-corrected chi connectivity index (χ2v) is 3.76. The molecule has 0 aliphatic carbocycles. The van der Waals surface area contributed by atoms with Gasteiger partial charge in [0.15, 0.2) is 5.13 Å². The normalized spacial score (nSPS) is 17.0. The van der Waals surface area contributed by atoms with Crippen LogP contribution in [0.5, 0.6) is 0 Å². The highest BCUT2D eigenvalue weighted by Crippen LogP contribution is 2.22. The Morgan fingerprint density at radius 2 is 2.31 bits per heavy atom. The molecule has 13 heavy (non-hydrogen) atoms. The van der Waals surface area contributed by atoms with Gasteiger partial charge >= 0.3 is 0 Å². The zero-order chi connectivity index (χ0) is 9.10. The SMILES string of the molecule is C#Cc1cnc(N2CCOCC2)s1. The first-order chi connectivity index (χ1) is 6.40. The van der Waals surface area contributed by atoms with Crippen molar-refractivity contribution in [2.75, 3.05) is 31.2 Å². The zero-order valence-corrected chi connectivity index (χ0v) is 8.01. The molecule has 0 atom stereocenters. The minimum Gasteiger partial charge on any atom is -0.378 e. The summed E-state index contributed by atoms with van der Waals surface area (Å²) in [5.74, 6) is 2.58. The maximum Gasteiger partial charge on any atom is 0.186 e. The van der Waals surface area contributed by atoms with Crippen LogP contribution in [0.2, 0.25) is 0 Å². The molecule has 1 aliphatic rings. The van der Waals surface area contributed by atoms with E-state index in [9.17, 15) is 0 Å². The molecule has 1 saturated heterocycles. The number of anilines is 1. The molecule has 3 nitrogen and oxygen atoms in total. The summed E-state index contributed by atoms with van der Waals surface area (Å²) in [5.41, 5.74) is 0. The number of aromatic nitrogens is 1. The lowest BCUT2D eigenvalue weighted by molar-refractivity contribution is 0.122. The molecule has 0 amide bonds. The molecule has 0 unspecified atom stereocenters. The zero-order valence-electron chi connectivity index (χ0n) is 7.19. The van der Waals surface area contributed by atoms with Gasteiger partial charge in [-0.2, -0.15) is 0 Å². The average molecular weight is 194 g/mol. The van der Waals surface area contributed by atoms with Crippen LogP contribution in [0.1, 0.15) is 4.88 Å². The summed E-state index contributed by atoms with van der Waals surface area (Å²) in [6, 6.07) is 0. The van der Waals surface area contributed by atoms with Gasteiger partial charge in [0.2, 0.25) is 0 Å². The van der Waals surface area contributed by atoms with Gasteiger partial charge in [-0.3, -0.25) is 0 Å². The molecule has 4 heteroatoms. The number of nitrogens with zero attached hydrogens (tertiary/aromatic N) is 2. The van der Waals surface area contributed by atoms with E-state index in [1.165, 1.54) is 0 Å². The minimum atomic E-state index is 0.783. The number of hydrogen-bond acceptors (Lipinski definition) is 4. The van der Waals surface area contributed by atoms with Crippen LogP contribution in [0.15, 0.2) is 6.20 Å². The van der Waals surface area contributed by atoms with Crippen molar-refractivity contribution < 1.29 is 4.74 Å². The van der Waals surface area contributed by atoms with Crippen LogP contribution in [0.4, 0.5) is 5.13 Å². The number of ether oxygens (including phenoxy) is 1. The fourth-order valence-corrected chi connectivity index (χ4v) is 2.01. The molecular weight excluding hydrogens is 184 g/mol. The van der Waals surface area contributed by atoms with E-state index < -0.39 is 0 Å². The van der Waals surface area contributed by atoms with Gasteiger partial charge in [-0.25, -0.2) is 4.98 Å². The van der Waals surface area contributed by atoms with Crippen molar-refractivity contribution in [3.63, 3.8) is 0 Å². The maximum atomic E-state index is 5.27. The fraction of sp³-hybridized carbons (Fsp3) is 0.444. The predicted octanol–water partition coefficient (Wildman–Crippen LogP) is 0.961. The van der Waals surface area contributed by atoms with Crippen LogP contribution in [0.25, 0.3) is 0 Å². The Hall–Kier alpha value is -1.05. The quantitative estimate of drug-likeness (QED) is 0.623. The first-order valence-electron chi connectivity index (χ1n) is 4.15. The van der Waals surface area contributed by atoms with Gasteiger partial charge in [-0.1, -0.05) is 17.3 Å². The third-order valence-electron chi connectivity index (χ3n) is 1.92. The largest absolute Gasteiger partial charge is 0.378 e. The number of hydrogen-bond donors (Lipinski definition) is 0. The highest BCUT2D eigenvalue weighted by Gasteiger charge is 2.13. The maximum absolute atomic E-state index is 5.27. The second-order valence-electron chi connectivity index (χ2n) is 2.75. The molecule has 0 spiro atoms. The Kier molecular flexibility index (Phi) is 2.48. The van der Waals surface area contributed by atoms with Crippen LogP contribution < -0.4 is 4.90 Å². The summed E-state index contributed by atoms with van der Waals surface area (Å²) >= 11 is 1.56. The van der Waals surface area contributed by atoms with Gasteiger partial charge < -0.3 is 9.64 Å². The third kappa shape index (κ3) is 1.82. The fourth-order valence-electron chi connectivity index (χ4n) is 1.23. The van der Waals surface area contributed by atoms with Crippen molar-refractivity contribution in [2.45, 2.75) is 0 Å². The van der Waals surface area contributed by atoms with Gasteiger partial charge in [0.1, 0.15) is 0 Å². The Morgan fingerprint density at radius 3 is 2.92 bits per heavy atom. The van der Waals surface area contributed by atoms with Gasteiger partial charge in [0.25, 0.3) is 0 Å². The molecule has 1 aliphatic heterocycles. The van der Waals surface area contributed by atoms with Gasteiger partial charge in [-0.05, 0) is 0 Å². The van der Waals surface area contributed by atoms with Gasteiger partial charge in [0.05, 0.1) is 24.3 Å². The first-order valence-corrected chi connectivity index (χ1v) is 4.97. The summed E-state index contributed by atoms with van der Waals surface area (Å²) in [6.07, 6.45) is 7.02. The van der Waals surface area contributed by atoms with E-state index in [1.807, 2.05) is 0 Å². The van der Waals surface area contributed by atoms with E-state index in [-0.39, 0.29) is 0 Å². The summed E-state index contributed by atoms with van der Waals surface area (Å²) in [5, 5.41) is 1.01. The Balaban J connectivity index is 2.11. The molecule has 1 fully saturated rings. The molecule has 2 heterocycles. The molecule has 0 radical (unpaired) electrons. The van der Waals surface area contributed by atoms with Crippen LogP contribution in [-0.4, -0.2) is 31.3 Å². The number of rotatable bonds is 1. The lowest BCUT2D eigenvalue weighted by Crippen LogP contribution is -2.36. The van der Waals surface area contributed by atoms with Crippen molar-refractivity contribution >= 4 is 16.5 Å². The van der Waals surface area contributed by atoms with Crippen LogP contribution >= 0.6 is 11.3 Å². The predicted molar refractivity (Wildman–Crippen MR) is 53.1 cm³/mol. The van der Waals surface area contributed by atoms with E-state index in [1.54, 1.807) is 17.5 Å². The summed E-state index contributed by atoms with van der Waals surface area (Å²) in [7, 11) is 0. The smallest absolute Gasteiger partial charge is 0.186 e. The Bertz CT molecular complexity index is 323. The number of morpholine rings is 1. The van der Waals surface area contributed by atoms with Crippen LogP contribution in [-0.2, 0) is 4.74 Å². The monoisotopic (exact) mass is 194 g/mol. The van der Waals surface area contributed by atoms with E-state index in [2.05, 4.69) is 15.8 Å². The molecule has 2 rings (SSSR count). The minimum absolute atomic E-state index is 0.783. The Labute approximate surface area is 81.3 Å². The van der Waals surface area contributed by atoms with Gasteiger partial charge in [-0.15, -0.1) is 6.42 Å². The van der Waals surface area contributed by atoms with Crippen molar-refractivity contribution in [1.82, 2.24) is 4.98 Å². The molecular formula is C9H10N2OS. The molecule has 68 valence electrons. The summed E-state index contributed by atoms with van der Waals surface area (Å²) in [6.45, 7) is 3.39. The lowest BCUT2D eigenvalue weighted by Gasteiger charge is -2.25. The second kappa shape index (κ2) is 3.77. The van der Waals surface area contributed by atoms with E-state index in [4.69, 9.17) is 11.2 Å². The Morgan fingerprint density at radius 1 is 1.54 bits per heavy atom. The van der Waals surface area contributed by atoms with Crippen molar-refractivity contribution in [3.8, 4) is 12.3 Å². The van der Waals surface area contributed by atoms with Crippen molar-refractivity contribution in [3.05, 3.63) is 11.1 Å². The standard InChI is InChI=1S/C9H10N2OS/c1-2-8-7-10-9(13-8)11-3-5-12-6-4-11/h1,7H,3-6H2. The highest BCUT2D eigenvalue weighted by molar-refractivity contribution is 7.16. The molecule has 1 aromatic rings. The number of terminal acetylenes is 1. The average Bonchev–Trinajstić information content (AvgIpc) is 2.67. The molecule has 0 saturated carbocycles. The highest BCUT2D eigenvalue weighted by atomic mass is 32.1. The van der Waals surface area contributed by atoms with Crippen LogP contribution in [0, 0.1) is 12.3 Å². The third-order valence-corrected chi connectivity index (χ3v) is 2.91. The summed E-state index contributed by atoms with van der Waals surface area (Å²) in [4.78, 5) is 7.35. The van der Waals surface area contributed by atoms with Gasteiger partial charge in [0, 0.05) is 13.1 Å². The van der Waals surface area contributed by atoms with E-state index in [0.29, 0.717) is 0 Å². The topological polar surface area (TPSA) is 25.4 Å². The molecule has 0 aromatic carbocycles. The van der Waals surface area contributed by atoms with E-state index in [0.717, 1.165) is 36.3 Å². The molecule has 1 aromatic heterocycles. The van der Waals surface area contributed by atoms with Crippen molar-refractivity contribution in [2.24, 2.45) is 0 Å². The number of thiazole rings is 1. The first kappa shape index (κ1) is 8.54. The van der Waals surface area contributed by atoms with Crippen molar-refractivity contribution in [1.29, 1.82) is 0 Å². The van der Waals surface area contributed by atoms with E-state index >= 15 is 0 Å². The molecule has 0 N–H and O–H groups in total. The van der Waals surface area contributed by atoms with Crippen LogP contribution in [0.3, 0.4) is 0 Å². The molecule has 0 bridgehead atoms.